The molecule has 0 N–H and O–H groups in total. The molecule has 0 bridgehead atoms. The van der Waals surface area contributed by atoms with Gasteiger partial charge < -0.3 is 14.2 Å². The Kier molecular flexibility index (Phi) is 8.95. The second-order valence-corrected chi connectivity index (χ2v) is 8.67. The molecule has 3 rings (SSSR count). The topological polar surface area (TPSA) is 30.9 Å². The monoisotopic (exact) mass is 477 g/mol. The molecule has 0 radical (unpaired) electrons. The number of ether oxygens (including phenoxy) is 3. The van der Waals surface area contributed by atoms with Gasteiger partial charge in [0.2, 0.25) is 0 Å². The van der Waals surface area contributed by atoms with Crippen LogP contribution in [0.2, 0.25) is 0 Å². The first kappa shape index (κ1) is 22.2. The fourth-order valence-corrected chi connectivity index (χ4v) is 4.47. The van der Waals surface area contributed by atoms with Crippen molar-refractivity contribution >= 4 is 37.4 Å². The SMILES string of the molecule is COCCN(CCCOc1ccc2c(-c3ccc(Br)cc3)csc2c1)CCOC. The number of fused-ring (bicyclic) bond motifs is 1. The molecular formula is C23H28BrNO3S. The first-order valence-corrected chi connectivity index (χ1v) is 11.5. The molecule has 1 aromatic heterocycles. The largest absolute Gasteiger partial charge is 0.493 e. The van der Waals surface area contributed by atoms with Gasteiger partial charge in [-0.2, -0.15) is 0 Å². The van der Waals surface area contributed by atoms with Crippen LogP contribution in [0.25, 0.3) is 21.2 Å². The summed E-state index contributed by atoms with van der Waals surface area (Å²) in [5.74, 6) is 0.932. The van der Waals surface area contributed by atoms with Crippen LogP contribution in [0.5, 0.6) is 5.75 Å². The average Bonchev–Trinajstić information content (AvgIpc) is 3.16. The number of hydrogen-bond donors (Lipinski definition) is 0. The van der Waals surface area contributed by atoms with Gasteiger partial charge in [-0.3, -0.25) is 4.90 Å². The lowest BCUT2D eigenvalue weighted by atomic mass is 10.1. The molecular weight excluding hydrogens is 450 g/mol. The smallest absolute Gasteiger partial charge is 0.120 e. The van der Waals surface area contributed by atoms with Gasteiger partial charge >= 0.3 is 0 Å². The summed E-state index contributed by atoms with van der Waals surface area (Å²) in [5, 5.41) is 3.50. The molecule has 0 atom stereocenters. The van der Waals surface area contributed by atoms with Crippen molar-refractivity contribution in [1.29, 1.82) is 0 Å². The highest BCUT2D eigenvalue weighted by Gasteiger charge is 2.08. The van der Waals surface area contributed by atoms with Crippen molar-refractivity contribution in [1.82, 2.24) is 4.90 Å². The van der Waals surface area contributed by atoms with Gasteiger partial charge in [-0.15, -0.1) is 11.3 Å². The van der Waals surface area contributed by atoms with Crippen LogP contribution in [0.1, 0.15) is 6.42 Å². The van der Waals surface area contributed by atoms with Gasteiger partial charge in [-0.1, -0.05) is 28.1 Å². The summed E-state index contributed by atoms with van der Waals surface area (Å²) in [6.07, 6.45) is 0.972. The fraction of sp³-hybridized carbons (Fsp3) is 0.391. The molecule has 0 unspecified atom stereocenters. The van der Waals surface area contributed by atoms with Gasteiger partial charge in [-0.05, 0) is 47.7 Å². The van der Waals surface area contributed by atoms with E-state index >= 15 is 0 Å². The van der Waals surface area contributed by atoms with Crippen LogP contribution >= 0.6 is 27.3 Å². The zero-order valence-electron chi connectivity index (χ0n) is 17.0. The molecule has 3 aromatic rings. The quantitative estimate of drug-likeness (QED) is 0.313. The normalized spacial score (nSPS) is 11.4. The maximum absolute atomic E-state index is 6.02. The Balaban J connectivity index is 1.55. The van der Waals surface area contributed by atoms with Gasteiger partial charge in [-0.25, -0.2) is 0 Å². The Bertz CT molecular complexity index is 873. The number of halogens is 1. The molecule has 0 aliphatic heterocycles. The lowest BCUT2D eigenvalue weighted by Crippen LogP contribution is -2.32. The van der Waals surface area contributed by atoms with E-state index in [4.69, 9.17) is 14.2 Å². The van der Waals surface area contributed by atoms with Crippen LogP contribution in [0.15, 0.2) is 52.3 Å². The van der Waals surface area contributed by atoms with E-state index in [1.165, 1.54) is 21.2 Å². The Hall–Kier alpha value is -1.44. The molecule has 0 fully saturated rings. The van der Waals surface area contributed by atoms with Crippen LogP contribution in [0.4, 0.5) is 0 Å². The van der Waals surface area contributed by atoms with Crippen LogP contribution in [0.3, 0.4) is 0 Å². The summed E-state index contributed by atoms with van der Waals surface area (Å²) in [6.45, 7) is 4.98. The van der Waals surface area contributed by atoms with E-state index in [0.717, 1.165) is 49.5 Å². The molecule has 4 nitrogen and oxygen atoms in total. The molecule has 1 heterocycles. The zero-order chi connectivity index (χ0) is 20.5. The van der Waals surface area contributed by atoms with Crippen molar-refractivity contribution in [2.75, 3.05) is 53.7 Å². The van der Waals surface area contributed by atoms with Gasteiger partial charge in [0.05, 0.1) is 19.8 Å². The molecule has 156 valence electrons. The Morgan fingerprint density at radius 1 is 0.897 bits per heavy atom. The molecule has 2 aromatic carbocycles. The number of nitrogens with zero attached hydrogens (tertiary/aromatic N) is 1. The molecule has 6 heteroatoms. The molecule has 0 spiro atoms. The van der Waals surface area contributed by atoms with E-state index in [2.05, 4.69) is 68.7 Å². The van der Waals surface area contributed by atoms with E-state index in [-0.39, 0.29) is 0 Å². The van der Waals surface area contributed by atoms with E-state index in [1.807, 2.05) is 0 Å². The Labute approximate surface area is 185 Å². The highest BCUT2D eigenvalue weighted by molar-refractivity contribution is 9.10. The standard InChI is InChI=1S/C23H28BrNO3S/c1-26-14-11-25(12-15-27-2)10-3-13-28-20-8-9-21-22(17-29-23(21)16-20)18-4-6-19(24)7-5-18/h4-9,16-17H,3,10-15H2,1-2H3. The molecule has 0 saturated carbocycles. The summed E-state index contributed by atoms with van der Waals surface area (Å²) in [5.41, 5.74) is 2.51. The maximum atomic E-state index is 6.02. The van der Waals surface area contributed by atoms with Crippen molar-refractivity contribution in [3.8, 4) is 16.9 Å². The predicted molar refractivity (Wildman–Crippen MR) is 125 cm³/mol. The highest BCUT2D eigenvalue weighted by Crippen LogP contribution is 2.36. The second kappa shape index (κ2) is 11.7. The highest BCUT2D eigenvalue weighted by atomic mass is 79.9. The molecule has 29 heavy (non-hydrogen) atoms. The van der Waals surface area contributed by atoms with Crippen LogP contribution in [-0.4, -0.2) is 58.6 Å². The van der Waals surface area contributed by atoms with E-state index in [9.17, 15) is 0 Å². The molecule has 0 amide bonds. The third kappa shape index (κ3) is 6.52. The minimum Gasteiger partial charge on any atom is -0.493 e. The van der Waals surface area contributed by atoms with Crippen molar-refractivity contribution < 1.29 is 14.2 Å². The van der Waals surface area contributed by atoms with Crippen molar-refractivity contribution in [2.24, 2.45) is 0 Å². The van der Waals surface area contributed by atoms with E-state index in [0.29, 0.717) is 6.61 Å². The summed E-state index contributed by atoms with van der Waals surface area (Å²) in [7, 11) is 3.47. The first-order valence-electron chi connectivity index (χ1n) is 9.81. The van der Waals surface area contributed by atoms with Crippen LogP contribution < -0.4 is 4.74 Å². The average molecular weight is 478 g/mol. The summed E-state index contributed by atoms with van der Waals surface area (Å²) < 4.78 is 18.8. The first-order chi connectivity index (χ1) is 14.2. The molecule has 0 saturated heterocycles. The van der Waals surface area contributed by atoms with Gasteiger partial charge in [0.25, 0.3) is 0 Å². The van der Waals surface area contributed by atoms with E-state index < -0.39 is 0 Å². The lowest BCUT2D eigenvalue weighted by molar-refractivity contribution is 0.110. The maximum Gasteiger partial charge on any atom is 0.120 e. The lowest BCUT2D eigenvalue weighted by Gasteiger charge is -2.21. The second-order valence-electron chi connectivity index (χ2n) is 6.84. The fourth-order valence-electron chi connectivity index (χ4n) is 3.21. The number of hydrogen-bond acceptors (Lipinski definition) is 5. The van der Waals surface area contributed by atoms with Crippen molar-refractivity contribution in [3.05, 3.63) is 52.3 Å². The minimum absolute atomic E-state index is 0.701. The third-order valence-corrected chi connectivity index (χ3v) is 6.29. The number of methoxy groups -OCH3 is 2. The van der Waals surface area contributed by atoms with Gasteiger partial charge in [0, 0.05) is 54.0 Å². The predicted octanol–water partition coefficient (Wildman–Crippen LogP) is 5.69. The Morgan fingerprint density at radius 2 is 1.62 bits per heavy atom. The van der Waals surface area contributed by atoms with Crippen LogP contribution in [0, 0.1) is 0 Å². The van der Waals surface area contributed by atoms with Crippen molar-refractivity contribution in [2.45, 2.75) is 6.42 Å². The molecule has 0 aliphatic carbocycles. The van der Waals surface area contributed by atoms with Gasteiger partial charge in [0.1, 0.15) is 5.75 Å². The summed E-state index contributed by atoms with van der Waals surface area (Å²) in [6, 6.07) is 14.9. The minimum atomic E-state index is 0.701. The summed E-state index contributed by atoms with van der Waals surface area (Å²) in [4.78, 5) is 2.35. The number of rotatable bonds is 12. The number of thiophene rings is 1. The summed E-state index contributed by atoms with van der Waals surface area (Å²) >= 11 is 5.26. The molecule has 0 aliphatic rings. The Morgan fingerprint density at radius 3 is 2.31 bits per heavy atom. The number of benzene rings is 2. The van der Waals surface area contributed by atoms with Crippen LogP contribution in [-0.2, 0) is 9.47 Å². The zero-order valence-corrected chi connectivity index (χ0v) is 19.4. The van der Waals surface area contributed by atoms with E-state index in [1.54, 1.807) is 25.6 Å². The van der Waals surface area contributed by atoms with Crippen molar-refractivity contribution in [3.63, 3.8) is 0 Å². The van der Waals surface area contributed by atoms with Gasteiger partial charge in [0.15, 0.2) is 0 Å². The third-order valence-electron chi connectivity index (χ3n) is 4.81.